The van der Waals surface area contributed by atoms with E-state index in [1.807, 2.05) is 23.9 Å². The Morgan fingerprint density at radius 2 is 1.89 bits per heavy atom. The van der Waals surface area contributed by atoms with Crippen LogP contribution in [0.1, 0.15) is 56.6 Å². The van der Waals surface area contributed by atoms with Crippen molar-refractivity contribution < 1.29 is 4.79 Å². The summed E-state index contributed by atoms with van der Waals surface area (Å²) in [6.45, 7) is 3.03. The van der Waals surface area contributed by atoms with Gasteiger partial charge in [0.2, 0.25) is 0 Å². The van der Waals surface area contributed by atoms with E-state index < -0.39 is 0 Å². The van der Waals surface area contributed by atoms with Gasteiger partial charge in [0.25, 0.3) is 5.56 Å². The Kier molecular flexibility index (Phi) is 7.21. The molecule has 2 aromatic rings. The predicted molar refractivity (Wildman–Crippen MR) is 140 cm³/mol. The number of hydrogen-bond donors (Lipinski definition) is 1. The van der Waals surface area contributed by atoms with Gasteiger partial charge >= 0.3 is 6.03 Å². The van der Waals surface area contributed by atoms with E-state index in [0.717, 1.165) is 51.7 Å². The van der Waals surface area contributed by atoms with Gasteiger partial charge in [0.05, 0.1) is 6.04 Å². The van der Waals surface area contributed by atoms with Gasteiger partial charge in [-0.25, -0.2) is 4.79 Å². The first kappa shape index (κ1) is 24.4. The van der Waals surface area contributed by atoms with Gasteiger partial charge in [0.15, 0.2) is 0 Å². The van der Waals surface area contributed by atoms with Crippen LogP contribution < -0.4 is 10.9 Å². The van der Waals surface area contributed by atoms with Gasteiger partial charge in [-0.3, -0.25) is 4.79 Å². The molecule has 0 unspecified atom stereocenters. The zero-order valence-electron chi connectivity index (χ0n) is 20.7. The number of likely N-dealkylation sites (tertiary alicyclic amines) is 2. The second kappa shape index (κ2) is 10.4. The van der Waals surface area contributed by atoms with Gasteiger partial charge in [-0.05, 0) is 62.1 Å². The van der Waals surface area contributed by atoms with Crippen LogP contribution in [-0.2, 0) is 6.54 Å². The number of halogens is 1. The first-order valence-corrected chi connectivity index (χ1v) is 13.5. The molecule has 2 amide bonds. The van der Waals surface area contributed by atoms with Crippen molar-refractivity contribution in [3.63, 3.8) is 0 Å². The van der Waals surface area contributed by atoms with Gasteiger partial charge in [-0.1, -0.05) is 54.8 Å². The van der Waals surface area contributed by atoms with E-state index in [-0.39, 0.29) is 23.0 Å². The second-order valence-corrected chi connectivity index (χ2v) is 11.2. The molecule has 3 atom stereocenters. The zero-order chi connectivity index (χ0) is 24.4. The first-order valence-electron chi connectivity index (χ1n) is 13.1. The number of benzene rings is 1. The number of pyridine rings is 1. The molecule has 2 saturated heterocycles. The van der Waals surface area contributed by atoms with E-state index in [1.54, 1.807) is 6.07 Å². The molecule has 1 aromatic heterocycles. The molecule has 7 heteroatoms. The van der Waals surface area contributed by atoms with Crippen molar-refractivity contribution in [1.29, 1.82) is 0 Å². The summed E-state index contributed by atoms with van der Waals surface area (Å²) in [7, 11) is 2.02. The lowest BCUT2D eigenvalue weighted by atomic mass is 9.69. The zero-order valence-corrected chi connectivity index (χ0v) is 21.4. The smallest absolute Gasteiger partial charge is 0.320 e. The average Bonchev–Trinajstić information content (AvgIpc) is 3.35. The lowest BCUT2D eigenvalue weighted by molar-refractivity contribution is 0.0209. The number of carbonyl (C=O) groups is 1. The second-order valence-electron chi connectivity index (χ2n) is 10.7. The van der Waals surface area contributed by atoms with Crippen LogP contribution in [0.4, 0.5) is 4.79 Å². The lowest BCUT2D eigenvalue weighted by Gasteiger charge is -2.49. The van der Waals surface area contributed by atoms with Crippen LogP contribution in [-0.4, -0.2) is 53.1 Å². The summed E-state index contributed by atoms with van der Waals surface area (Å²) in [5.41, 5.74) is 1.27. The number of rotatable bonds is 4. The van der Waals surface area contributed by atoms with E-state index in [9.17, 15) is 9.59 Å². The molecule has 6 nitrogen and oxygen atoms in total. The standard InChI is InChI=1S/C28H37ClN4O2/c1-30-24-11-16-33(25(18-24)21-7-3-2-4-8-21)27(35)32-14-9-22(28(20-32)12-5-6-13-28)19-31-15-10-23(29)17-26(31)34/h2-4,7-8,10,15,17,22,24-25,30H,5-6,9,11-14,16,18-20H2,1H3/t22-,24+,25-/m0/s1. The number of piperidine rings is 2. The molecule has 0 bridgehead atoms. The van der Waals surface area contributed by atoms with Crippen LogP contribution >= 0.6 is 11.6 Å². The average molecular weight is 497 g/mol. The minimum absolute atomic E-state index is 0.0396. The summed E-state index contributed by atoms with van der Waals surface area (Å²) in [4.78, 5) is 30.8. The Morgan fingerprint density at radius 3 is 2.60 bits per heavy atom. The first-order chi connectivity index (χ1) is 17.0. The van der Waals surface area contributed by atoms with Crippen molar-refractivity contribution in [2.75, 3.05) is 26.7 Å². The van der Waals surface area contributed by atoms with Crippen LogP contribution in [0, 0.1) is 11.3 Å². The molecule has 3 fully saturated rings. The molecule has 1 saturated carbocycles. The molecular formula is C28H37ClN4O2. The van der Waals surface area contributed by atoms with E-state index in [1.165, 1.54) is 24.5 Å². The summed E-state index contributed by atoms with van der Waals surface area (Å²) in [6.07, 6.45) is 9.34. The number of nitrogens with zero attached hydrogens (tertiary/aromatic N) is 3. The third kappa shape index (κ3) is 5.01. The normalized spacial score (nSPS) is 26.3. The van der Waals surface area contributed by atoms with E-state index >= 15 is 0 Å². The van der Waals surface area contributed by atoms with Crippen LogP contribution in [0.15, 0.2) is 53.5 Å². The number of nitrogens with one attached hydrogen (secondary N) is 1. The van der Waals surface area contributed by atoms with Crippen LogP contribution in [0.5, 0.6) is 0 Å². The van der Waals surface area contributed by atoms with E-state index in [0.29, 0.717) is 23.5 Å². The Hall–Kier alpha value is -2.31. The monoisotopic (exact) mass is 496 g/mol. The van der Waals surface area contributed by atoms with Gasteiger partial charge in [0, 0.05) is 49.5 Å². The molecule has 35 heavy (non-hydrogen) atoms. The summed E-state index contributed by atoms with van der Waals surface area (Å²) in [5.74, 6) is 0.396. The molecule has 5 rings (SSSR count). The number of aromatic nitrogens is 1. The van der Waals surface area contributed by atoms with Crippen LogP contribution in [0.3, 0.4) is 0 Å². The SMILES string of the molecule is CN[C@@H]1CCN(C(=O)N2CC[C@@H](Cn3ccc(Cl)cc3=O)C3(CCCC3)C2)[C@H](c2ccccc2)C1. The Bertz CT molecular complexity index is 1080. The number of carbonyl (C=O) groups excluding carboxylic acids is 1. The highest BCUT2D eigenvalue weighted by atomic mass is 35.5. The molecule has 0 radical (unpaired) electrons. The van der Waals surface area contributed by atoms with Crippen molar-refractivity contribution in [2.45, 2.75) is 63.6 Å². The number of amides is 2. The Morgan fingerprint density at radius 1 is 1.11 bits per heavy atom. The summed E-state index contributed by atoms with van der Waals surface area (Å²) >= 11 is 6.02. The maximum atomic E-state index is 14.0. The van der Waals surface area contributed by atoms with E-state index in [2.05, 4.69) is 39.4 Å². The Labute approximate surface area is 213 Å². The topological polar surface area (TPSA) is 57.6 Å². The molecule has 2 aliphatic heterocycles. The summed E-state index contributed by atoms with van der Waals surface area (Å²) in [6, 6.07) is 14.5. The molecule has 1 aromatic carbocycles. The van der Waals surface area contributed by atoms with Crippen molar-refractivity contribution >= 4 is 17.6 Å². The van der Waals surface area contributed by atoms with Crippen LogP contribution in [0.2, 0.25) is 5.02 Å². The fourth-order valence-electron chi connectivity index (χ4n) is 6.80. The molecule has 1 spiro atoms. The minimum atomic E-state index is -0.0396. The third-order valence-electron chi connectivity index (χ3n) is 8.81. The largest absolute Gasteiger partial charge is 0.324 e. The maximum absolute atomic E-state index is 14.0. The van der Waals surface area contributed by atoms with Gasteiger partial charge < -0.3 is 19.7 Å². The number of urea groups is 1. The van der Waals surface area contributed by atoms with Crippen molar-refractivity contribution in [3.05, 3.63) is 69.6 Å². The fraction of sp³-hybridized carbons (Fsp3) is 0.571. The molecule has 188 valence electrons. The maximum Gasteiger partial charge on any atom is 0.320 e. The lowest BCUT2D eigenvalue weighted by Crippen LogP contribution is -2.56. The Balaban J connectivity index is 1.35. The molecule has 1 aliphatic carbocycles. The highest BCUT2D eigenvalue weighted by molar-refractivity contribution is 6.30. The van der Waals surface area contributed by atoms with Gasteiger partial charge in [-0.15, -0.1) is 0 Å². The molecule has 1 N–H and O–H groups in total. The molecule has 3 aliphatic rings. The highest BCUT2D eigenvalue weighted by Crippen LogP contribution is 2.49. The van der Waals surface area contributed by atoms with E-state index in [4.69, 9.17) is 11.6 Å². The fourth-order valence-corrected chi connectivity index (χ4v) is 6.95. The predicted octanol–water partition coefficient (Wildman–Crippen LogP) is 4.93. The molecular weight excluding hydrogens is 460 g/mol. The third-order valence-corrected chi connectivity index (χ3v) is 9.04. The summed E-state index contributed by atoms with van der Waals surface area (Å²) in [5, 5.41) is 3.92. The molecule has 3 heterocycles. The van der Waals surface area contributed by atoms with Gasteiger partial charge in [0.1, 0.15) is 0 Å². The van der Waals surface area contributed by atoms with Gasteiger partial charge in [-0.2, -0.15) is 0 Å². The summed E-state index contributed by atoms with van der Waals surface area (Å²) < 4.78 is 1.81. The minimum Gasteiger partial charge on any atom is -0.324 e. The van der Waals surface area contributed by atoms with Crippen molar-refractivity contribution in [1.82, 2.24) is 19.7 Å². The van der Waals surface area contributed by atoms with Crippen molar-refractivity contribution in [3.8, 4) is 0 Å². The van der Waals surface area contributed by atoms with Crippen molar-refractivity contribution in [2.24, 2.45) is 11.3 Å². The quantitative estimate of drug-likeness (QED) is 0.653. The highest BCUT2D eigenvalue weighted by Gasteiger charge is 2.47. The number of hydrogen-bond acceptors (Lipinski definition) is 3. The van der Waals surface area contributed by atoms with Crippen LogP contribution in [0.25, 0.3) is 0 Å².